The summed E-state index contributed by atoms with van der Waals surface area (Å²) in [7, 11) is 1.28. The minimum Gasteiger partial charge on any atom is -0.464 e. The summed E-state index contributed by atoms with van der Waals surface area (Å²) in [4.78, 5) is 31.8. The molecule has 2 aromatic heterocycles. The number of nitrogens with zero attached hydrogens (tertiary/aromatic N) is 2. The van der Waals surface area contributed by atoms with Gasteiger partial charge in [-0.1, -0.05) is 0 Å². The first-order chi connectivity index (χ1) is 12.5. The number of carbonyl (C=O) groups is 2. The van der Waals surface area contributed by atoms with Crippen molar-refractivity contribution in [2.45, 2.75) is 12.6 Å². The molecular weight excluding hydrogens is 341 g/mol. The van der Waals surface area contributed by atoms with Gasteiger partial charge in [0, 0.05) is 17.4 Å². The first-order valence-corrected chi connectivity index (χ1v) is 7.95. The Balaban J connectivity index is 1.61. The Kier molecular flexibility index (Phi) is 3.87. The van der Waals surface area contributed by atoms with Crippen LogP contribution < -0.4 is 5.32 Å². The Morgan fingerprint density at radius 3 is 2.85 bits per heavy atom. The van der Waals surface area contributed by atoms with E-state index in [9.17, 15) is 14.0 Å². The highest BCUT2D eigenvalue weighted by molar-refractivity contribution is 5.96. The van der Waals surface area contributed by atoms with Gasteiger partial charge >= 0.3 is 5.97 Å². The quantitative estimate of drug-likeness (QED) is 0.723. The maximum absolute atomic E-state index is 13.0. The molecule has 0 unspecified atom stereocenters. The number of fused-ring (bicyclic) bond motifs is 1. The van der Waals surface area contributed by atoms with Crippen molar-refractivity contribution >= 4 is 28.7 Å². The van der Waals surface area contributed by atoms with Crippen LogP contribution in [0.5, 0.6) is 0 Å². The van der Waals surface area contributed by atoms with E-state index in [1.54, 1.807) is 24.3 Å². The van der Waals surface area contributed by atoms with Gasteiger partial charge in [0.25, 0.3) is 0 Å². The third-order valence-electron chi connectivity index (χ3n) is 4.11. The van der Waals surface area contributed by atoms with Crippen LogP contribution in [0.3, 0.4) is 0 Å². The van der Waals surface area contributed by atoms with E-state index in [1.807, 2.05) is 0 Å². The van der Waals surface area contributed by atoms with Crippen molar-refractivity contribution < 1.29 is 23.1 Å². The molecule has 8 heteroatoms. The Labute approximate surface area is 147 Å². The van der Waals surface area contributed by atoms with Crippen LogP contribution in [0.2, 0.25) is 0 Å². The number of esters is 1. The highest BCUT2D eigenvalue weighted by Gasteiger charge is 2.43. The molecular formula is C18H14FN3O4. The first-order valence-electron chi connectivity index (χ1n) is 7.95. The van der Waals surface area contributed by atoms with Gasteiger partial charge in [0.05, 0.1) is 13.0 Å². The fourth-order valence-corrected chi connectivity index (χ4v) is 2.58. The molecule has 1 aromatic carbocycles. The van der Waals surface area contributed by atoms with Crippen LogP contribution in [0, 0.1) is 5.92 Å². The second-order valence-corrected chi connectivity index (χ2v) is 5.97. The summed E-state index contributed by atoms with van der Waals surface area (Å²) in [6.45, 7) is 0. The van der Waals surface area contributed by atoms with Gasteiger partial charge < -0.3 is 14.5 Å². The zero-order valence-electron chi connectivity index (χ0n) is 13.7. The largest absolute Gasteiger partial charge is 0.464 e. The fourth-order valence-electron chi connectivity index (χ4n) is 2.58. The Hall–Kier alpha value is -3.29. The number of rotatable bonds is 4. The number of benzene rings is 1. The Morgan fingerprint density at radius 1 is 1.31 bits per heavy atom. The maximum atomic E-state index is 13.0. The van der Waals surface area contributed by atoms with Gasteiger partial charge in [-0.2, -0.15) is 0 Å². The molecule has 1 aliphatic carbocycles. The number of carbonyl (C=O) groups excluding carboxylic acids is 2. The average Bonchev–Trinajstić information content (AvgIpc) is 3.24. The fraction of sp³-hybridized carbons (Fsp3) is 0.222. The van der Waals surface area contributed by atoms with Crippen LogP contribution in [0.15, 0.2) is 40.9 Å². The van der Waals surface area contributed by atoms with Crippen molar-refractivity contribution in [3.8, 4) is 11.5 Å². The number of ether oxygens (including phenoxy) is 1. The topological polar surface area (TPSA) is 94.3 Å². The van der Waals surface area contributed by atoms with Gasteiger partial charge in [-0.3, -0.25) is 4.79 Å². The number of hydrogen-bond donors (Lipinski definition) is 1. The van der Waals surface area contributed by atoms with Crippen molar-refractivity contribution in [3.05, 3.63) is 42.2 Å². The van der Waals surface area contributed by atoms with Gasteiger partial charge in [0.1, 0.15) is 17.4 Å². The summed E-state index contributed by atoms with van der Waals surface area (Å²) in [5.74, 6) is -1.15. The summed E-state index contributed by atoms with van der Waals surface area (Å²) in [5, 5.41) is 2.68. The van der Waals surface area contributed by atoms with E-state index in [1.165, 1.54) is 19.4 Å². The standard InChI is InChI=1S/C18H14FN3O4/c1-25-18(24)14-6-9(4-5-20-14)17-22-13-7-10(2-3-15(13)26-17)21-16(23)11-8-12(11)19/h2-7,11-12H,8H2,1H3,(H,21,23)/t11-,12+/m1/s1. The molecule has 1 amide bonds. The molecule has 1 fully saturated rings. The van der Waals surface area contributed by atoms with Crippen molar-refractivity contribution in [2.75, 3.05) is 12.4 Å². The molecule has 132 valence electrons. The molecule has 0 saturated heterocycles. The smallest absolute Gasteiger partial charge is 0.356 e. The lowest BCUT2D eigenvalue weighted by atomic mass is 10.2. The molecule has 1 aliphatic rings. The first kappa shape index (κ1) is 16.2. The number of amides is 1. The van der Waals surface area contributed by atoms with Gasteiger partial charge in [-0.15, -0.1) is 0 Å². The third-order valence-corrected chi connectivity index (χ3v) is 4.11. The molecule has 26 heavy (non-hydrogen) atoms. The minimum absolute atomic E-state index is 0.144. The molecule has 0 bridgehead atoms. The predicted octanol–water partition coefficient (Wildman–Crippen LogP) is 2.97. The van der Waals surface area contributed by atoms with Crippen molar-refractivity contribution in [1.29, 1.82) is 0 Å². The summed E-state index contributed by atoms with van der Waals surface area (Å²) in [6.07, 6.45) is 0.686. The van der Waals surface area contributed by atoms with Crippen molar-refractivity contribution in [3.63, 3.8) is 0 Å². The van der Waals surface area contributed by atoms with Crippen molar-refractivity contribution in [1.82, 2.24) is 9.97 Å². The summed E-state index contributed by atoms with van der Waals surface area (Å²) in [6, 6.07) is 8.17. The summed E-state index contributed by atoms with van der Waals surface area (Å²) >= 11 is 0. The highest BCUT2D eigenvalue weighted by Crippen LogP contribution is 2.35. The molecule has 0 aliphatic heterocycles. The number of anilines is 1. The lowest BCUT2D eigenvalue weighted by Gasteiger charge is -2.02. The van der Waals surface area contributed by atoms with E-state index < -0.39 is 18.1 Å². The number of pyridine rings is 1. The molecule has 4 rings (SSSR count). The van der Waals surface area contributed by atoms with E-state index in [0.717, 1.165) is 0 Å². The SMILES string of the molecule is COC(=O)c1cc(-c2nc3cc(NC(=O)[C@@H]4C[C@@H]4F)ccc3o2)ccn1. The third kappa shape index (κ3) is 3.01. The number of methoxy groups -OCH3 is 1. The number of hydrogen-bond acceptors (Lipinski definition) is 6. The Bertz CT molecular complexity index is 1020. The Morgan fingerprint density at radius 2 is 2.12 bits per heavy atom. The normalized spacial score (nSPS) is 18.5. The predicted molar refractivity (Wildman–Crippen MR) is 90.2 cm³/mol. The molecule has 2 atom stereocenters. The average molecular weight is 355 g/mol. The van der Waals surface area contributed by atoms with Crippen molar-refractivity contribution in [2.24, 2.45) is 5.92 Å². The molecule has 0 spiro atoms. The van der Waals surface area contributed by atoms with Gasteiger partial charge in [-0.05, 0) is 36.8 Å². The van der Waals surface area contributed by atoms with Crippen LogP contribution in [0.1, 0.15) is 16.9 Å². The number of aromatic nitrogens is 2. The van der Waals surface area contributed by atoms with Crippen LogP contribution in [-0.4, -0.2) is 35.1 Å². The monoisotopic (exact) mass is 355 g/mol. The van der Waals surface area contributed by atoms with Crippen LogP contribution in [-0.2, 0) is 9.53 Å². The minimum atomic E-state index is -1.05. The molecule has 2 heterocycles. The molecule has 3 aromatic rings. The van der Waals surface area contributed by atoms with Crippen LogP contribution in [0.25, 0.3) is 22.6 Å². The van der Waals surface area contributed by atoms with E-state index in [0.29, 0.717) is 28.2 Å². The molecule has 1 saturated carbocycles. The van der Waals surface area contributed by atoms with E-state index in [-0.39, 0.29) is 18.0 Å². The number of oxazole rings is 1. The zero-order chi connectivity index (χ0) is 18.3. The number of halogens is 1. The summed E-state index contributed by atoms with van der Waals surface area (Å²) in [5.41, 5.74) is 2.28. The van der Waals surface area contributed by atoms with E-state index in [2.05, 4.69) is 20.0 Å². The van der Waals surface area contributed by atoms with E-state index >= 15 is 0 Å². The second kappa shape index (κ2) is 6.21. The lowest BCUT2D eigenvalue weighted by Crippen LogP contribution is -2.14. The lowest BCUT2D eigenvalue weighted by molar-refractivity contribution is -0.117. The molecule has 0 radical (unpaired) electrons. The van der Waals surface area contributed by atoms with Gasteiger partial charge in [0.15, 0.2) is 5.58 Å². The maximum Gasteiger partial charge on any atom is 0.356 e. The van der Waals surface area contributed by atoms with Gasteiger partial charge in [0.2, 0.25) is 11.8 Å². The van der Waals surface area contributed by atoms with E-state index in [4.69, 9.17) is 4.42 Å². The zero-order valence-corrected chi connectivity index (χ0v) is 13.7. The highest BCUT2D eigenvalue weighted by atomic mass is 19.1. The van der Waals surface area contributed by atoms with Gasteiger partial charge in [-0.25, -0.2) is 19.2 Å². The van der Waals surface area contributed by atoms with Crippen LogP contribution >= 0.6 is 0 Å². The summed E-state index contributed by atoms with van der Waals surface area (Å²) < 4.78 is 23.3. The second-order valence-electron chi connectivity index (χ2n) is 5.97. The number of alkyl halides is 1. The van der Waals surface area contributed by atoms with Crippen LogP contribution in [0.4, 0.5) is 10.1 Å². The molecule has 7 nitrogen and oxygen atoms in total. The number of nitrogens with one attached hydrogen (secondary N) is 1. The molecule has 1 N–H and O–H groups in total.